The Morgan fingerprint density at radius 3 is 2.65 bits per heavy atom. The van der Waals surface area contributed by atoms with Crippen molar-refractivity contribution in [2.75, 3.05) is 27.2 Å². The van der Waals surface area contributed by atoms with Crippen LogP contribution in [0.2, 0.25) is 0 Å². The summed E-state index contributed by atoms with van der Waals surface area (Å²) in [4.78, 5) is 13.4. The lowest BCUT2D eigenvalue weighted by atomic mass is 10.2. The molecule has 7 heteroatoms. The summed E-state index contributed by atoms with van der Waals surface area (Å²) in [5.74, 6) is 0.123. The molecule has 0 atom stereocenters. The molecular formula is C10H20Cl2N4O. The van der Waals surface area contributed by atoms with Crippen molar-refractivity contribution in [1.82, 2.24) is 20.0 Å². The van der Waals surface area contributed by atoms with E-state index in [1.165, 1.54) is 0 Å². The van der Waals surface area contributed by atoms with Crippen LogP contribution in [0.25, 0.3) is 0 Å². The molecule has 17 heavy (non-hydrogen) atoms. The van der Waals surface area contributed by atoms with Crippen LogP contribution in [0.3, 0.4) is 0 Å². The molecule has 0 saturated heterocycles. The summed E-state index contributed by atoms with van der Waals surface area (Å²) in [7, 11) is 5.54. The van der Waals surface area contributed by atoms with Gasteiger partial charge in [0.1, 0.15) is 0 Å². The number of likely N-dealkylation sites (N-methyl/N-ethyl adjacent to an activating group) is 2. The summed E-state index contributed by atoms with van der Waals surface area (Å²) in [6, 6.07) is 0. The zero-order valence-electron chi connectivity index (χ0n) is 10.3. The van der Waals surface area contributed by atoms with Crippen molar-refractivity contribution in [2.24, 2.45) is 7.05 Å². The zero-order chi connectivity index (χ0) is 11.3. The maximum atomic E-state index is 11.7. The summed E-state index contributed by atoms with van der Waals surface area (Å²) in [6.45, 7) is 1.55. The average Bonchev–Trinajstić information content (AvgIpc) is 2.60. The lowest BCUT2D eigenvalue weighted by molar-refractivity contribution is -0.129. The molecule has 1 amide bonds. The van der Waals surface area contributed by atoms with Crippen LogP contribution in [-0.2, 0) is 18.3 Å². The van der Waals surface area contributed by atoms with Gasteiger partial charge in [0.05, 0.1) is 12.6 Å². The van der Waals surface area contributed by atoms with E-state index in [4.69, 9.17) is 0 Å². The number of nitrogens with one attached hydrogen (secondary N) is 1. The molecule has 0 bridgehead atoms. The molecular weight excluding hydrogens is 263 g/mol. The highest BCUT2D eigenvalue weighted by Crippen LogP contribution is 2.00. The van der Waals surface area contributed by atoms with Crippen LogP contribution >= 0.6 is 24.8 Å². The summed E-state index contributed by atoms with van der Waals surface area (Å²) >= 11 is 0. The van der Waals surface area contributed by atoms with Crippen molar-refractivity contribution in [3.63, 3.8) is 0 Å². The minimum absolute atomic E-state index is 0. The van der Waals surface area contributed by atoms with Gasteiger partial charge in [0.25, 0.3) is 0 Å². The number of aryl methyl sites for hydroxylation is 1. The molecule has 0 unspecified atom stereocenters. The Hall–Kier alpha value is -0.780. The molecule has 5 nitrogen and oxygen atoms in total. The number of halogens is 2. The van der Waals surface area contributed by atoms with Gasteiger partial charge in [-0.05, 0) is 12.6 Å². The maximum absolute atomic E-state index is 11.7. The monoisotopic (exact) mass is 282 g/mol. The summed E-state index contributed by atoms with van der Waals surface area (Å²) in [6.07, 6.45) is 4.02. The number of rotatable bonds is 5. The molecule has 0 aliphatic carbocycles. The van der Waals surface area contributed by atoms with Gasteiger partial charge in [-0.2, -0.15) is 5.10 Å². The Morgan fingerprint density at radius 1 is 1.53 bits per heavy atom. The first-order valence-corrected chi connectivity index (χ1v) is 4.99. The van der Waals surface area contributed by atoms with E-state index in [0.717, 1.165) is 18.7 Å². The van der Waals surface area contributed by atoms with Crippen LogP contribution in [0.15, 0.2) is 12.4 Å². The molecule has 1 heterocycles. The van der Waals surface area contributed by atoms with Gasteiger partial charge in [-0.25, -0.2) is 0 Å². The molecule has 0 aliphatic rings. The minimum Gasteiger partial charge on any atom is -0.344 e. The third kappa shape index (κ3) is 6.51. The fraction of sp³-hybridized carbons (Fsp3) is 0.600. The van der Waals surface area contributed by atoms with Crippen LogP contribution in [0, 0.1) is 0 Å². The molecule has 1 aromatic heterocycles. The quantitative estimate of drug-likeness (QED) is 0.855. The Bertz CT molecular complexity index is 330. The molecule has 0 spiro atoms. The van der Waals surface area contributed by atoms with Gasteiger partial charge in [-0.3, -0.25) is 9.48 Å². The third-order valence-corrected chi connectivity index (χ3v) is 2.24. The molecule has 0 aromatic carbocycles. The lowest BCUT2D eigenvalue weighted by Crippen LogP contribution is -2.33. The molecule has 0 aliphatic heterocycles. The van der Waals surface area contributed by atoms with Gasteiger partial charge >= 0.3 is 0 Å². The van der Waals surface area contributed by atoms with E-state index >= 15 is 0 Å². The first-order chi connectivity index (χ1) is 7.13. The van der Waals surface area contributed by atoms with Gasteiger partial charge in [0.15, 0.2) is 0 Å². The summed E-state index contributed by atoms with van der Waals surface area (Å²) in [5, 5.41) is 7.04. The second kappa shape index (κ2) is 9.27. The van der Waals surface area contributed by atoms with Crippen LogP contribution < -0.4 is 5.32 Å². The van der Waals surface area contributed by atoms with E-state index in [1.807, 2.05) is 27.3 Å². The smallest absolute Gasteiger partial charge is 0.226 e. The number of carbonyl (C=O) groups is 1. The molecule has 1 N–H and O–H groups in total. The van der Waals surface area contributed by atoms with Gasteiger partial charge in [-0.1, -0.05) is 0 Å². The second-order valence-corrected chi connectivity index (χ2v) is 3.62. The zero-order valence-corrected chi connectivity index (χ0v) is 12.0. The number of nitrogens with zero attached hydrogens (tertiary/aromatic N) is 3. The number of carbonyl (C=O) groups excluding carboxylic acids is 1. The normalized spacial score (nSPS) is 9.12. The fourth-order valence-electron chi connectivity index (χ4n) is 1.28. The van der Waals surface area contributed by atoms with Crippen LogP contribution in [0.4, 0.5) is 0 Å². The minimum atomic E-state index is 0. The van der Waals surface area contributed by atoms with Gasteiger partial charge in [-0.15, -0.1) is 24.8 Å². The van der Waals surface area contributed by atoms with Crippen molar-refractivity contribution in [3.05, 3.63) is 18.0 Å². The second-order valence-electron chi connectivity index (χ2n) is 3.62. The van der Waals surface area contributed by atoms with Gasteiger partial charge in [0.2, 0.25) is 5.91 Å². The molecule has 0 saturated carbocycles. The number of hydrogen-bond donors (Lipinski definition) is 1. The molecule has 1 aromatic rings. The van der Waals surface area contributed by atoms with E-state index in [2.05, 4.69) is 10.4 Å². The predicted octanol–water partition coefficient (Wildman–Crippen LogP) is 0.484. The number of aromatic nitrogens is 2. The Labute approximate surface area is 114 Å². The van der Waals surface area contributed by atoms with E-state index in [1.54, 1.807) is 15.8 Å². The standard InChI is InChI=1S/C10H18N4O.2ClH/c1-11-4-5-13(2)10(15)6-9-7-12-14(3)8-9;;/h7-8,11H,4-6H2,1-3H3;2*1H. The van der Waals surface area contributed by atoms with Gasteiger partial charge in [0, 0.05) is 33.4 Å². The Balaban J connectivity index is 0. The average molecular weight is 283 g/mol. The molecule has 100 valence electrons. The Morgan fingerprint density at radius 2 is 2.18 bits per heavy atom. The highest BCUT2D eigenvalue weighted by molar-refractivity contribution is 5.85. The van der Waals surface area contributed by atoms with E-state index in [9.17, 15) is 4.79 Å². The van der Waals surface area contributed by atoms with Crippen LogP contribution in [0.5, 0.6) is 0 Å². The maximum Gasteiger partial charge on any atom is 0.226 e. The predicted molar refractivity (Wildman–Crippen MR) is 73.0 cm³/mol. The van der Waals surface area contributed by atoms with Crippen molar-refractivity contribution < 1.29 is 4.79 Å². The largest absolute Gasteiger partial charge is 0.344 e. The first-order valence-electron chi connectivity index (χ1n) is 4.99. The van der Waals surface area contributed by atoms with Crippen molar-refractivity contribution in [1.29, 1.82) is 0 Å². The van der Waals surface area contributed by atoms with Crippen molar-refractivity contribution in [3.8, 4) is 0 Å². The van der Waals surface area contributed by atoms with E-state index in [0.29, 0.717) is 6.42 Å². The van der Waals surface area contributed by atoms with Crippen LogP contribution in [0.1, 0.15) is 5.56 Å². The van der Waals surface area contributed by atoms with Crippen molar-refractivity contribution >= 4 is 30.7 Å². The molecule has 0 radical (unpaired) electrons. The fourth-order valence-corrected chi connectivity index (χ4v) is 1.28. The van der Waals surface area contributed by atoms with E-state index < -0.39 is 0 Å². The molecule has 0 fully saturated rings. The lowest BCUT2D eigenvalue weighted by Gasteiger charge is -2.16. The topological polar surface area (TPSA) is 50.2 Å². The third-order valence-electron chi connectivity index (χ3n) is 2.24. The highest BCUT2D eigenvalue weighted by atomic mass is 35.5. The number of hydrogen-bond acceptors (Lipinski definition) is 3. The van der Waals surface area contributed by atoms with Crippen LogP contribution in [-0.4, -0.2) is 47.8 Å². The molecule has 1 rings (SSSR count). The van der Waals surface area contributed by atoms with Crippen molar-refractivity contribution in [2.45, 2.75) is 6.42 Å². The Kier molecular flexibility index (Phi) is 10.1. The first kappa shape index (κ1) is 18.6. The van der Waals surface area contributed by atoms with E-state index in [-0.39, 0.29) is 30.7 Å². The summed E-state index contributed by atoms with van der Waals surface area (Å²) in [5.41, 5.74) is 0.957. The highest BCUT2D eigenvalue weighted by Gasteiger charge is 2.09. The number of amides is 1. The summed E-state index contributed by atoms with van der Waals surface area (Å²) < 4.78 is 1.70. The SMILES string of the molecule is CNCCN(C)C(=O)Cc1cnn(C)c1.Cl.Cl. The van der Waals surface area contributed by atoms with Gasteiger partial charge < -0.3 is 10.2 Å².